The van der Waals surface area contributed by atoms with Crippen LogP contribution in [0.5, 0.6) is 5.75 Å². The Morgan fingerprint density at radius 1 is 1.41 bits per heavy atom. The zero-order valence-corrected chi connectivity index (χ0v) is 14.2. The largest absolute Gasteiger partial charge is 0.495 e. The fourth-order valence-electron chi connectivity index (χ4n) is 2.44. The van der Waals surface area contributed by atoms with E-state index in [1.54, 1.807) is 7.11 Å². The molecule has 22 heavy (non-hydrogen) atoms. The van der Waals surface area contributed by atoms with E-state index in [1.807, 2.05) is 39.0 Å². The van der Waals surface area contributed by atoms with Gasteiger partial charge in [-0.1, -0.05) is 11.6 Å². The van der Waals surface area contributed by atoms with Crippen LogP contribution in [0.1, 0.15) is 27.2 Å². The summed E-state index contributed by atoms with van der Waals surface area (Å²) in [4.78, 5) is 14.0. The van der Waals surface area contributed by atoms with E-state index >= 15 is 0 Å². The van der Waals surface area contributed by atoms with Gasteiger partial charge in [0.2, 0.25) is 0 Å². The third-order valence-electron chi connectivity index (χ3n) is 3.41. The van der Waals surface area contributed by atoms with Crippen molar-refractivity contribution in [3.05, 3.63) is 23.2 Å². The number of anilines is 1. The maximum Gasteiger partial charge on any atom is 0.407 e. The average Bonchev–Trinajstić information content (AvgIpc) is 2.84. The van der Waals surface area contributed by atoms with E-state index in [0.29, 0.717) is 10.8 Å². The second kappa shape index (κ2) is 6.65. The Hall–Kier alpha value is -1.62. The number of carbonyl (C=O) groups excluding carboxylic acids is 1. The van der Waals surface area contributed by atoms with Gasteiger partial charge in [-0.15, -0.1) is 0 Å². The van der Waals surface area contributed by atoms with Crippen molar-refractivity contribution in [2.75, 3.05) is 25.1 Å². The summed E-state index contributed by atoms with van der Waals surface area (Å²) in [6, 6.07) is 5.79. The van der Waals surface area contributed by atoms with Crippen LogP contribution in [0.15, 0.2) is 18.2 Å². The highest BCUT2D eigenvalue weighted by Gasteiger charge is 2.26. The van der Waals surface area contributed by atoms with Crippen LogP contribution in [0.4, 0.5) is 10.5 Å². The Morgan fingerprint density at radius 2 is 2.14 bits per heavy atom. The van der Waals surface area contributed by atoms with Gasteiger partial charge in [-0.3, -0.25) is 0 Å². The highest BCUT2D eigenvalue weighted by Crippen LogP contribution is 2.30. The molecule has 5 nitrogen and oxygen atoms in total. The third kappa shape index (κ3) is 4.44. The molecular weight excluding hydrogens is 304 g/mol. The topological polar surface area (TPSA) is 50.8 Å². The van der Waals surface area contributed by atoms with Gasteiger partial charge in [0.05, 0.1) is 18.2 Å². The van der Waals surface area contributed by atoms with E-state index < -0.39 is 5.60 Å². The van der Waals surface area contributed by atoms with E-state index in [0.717, 1.165) is 25.2 Å². The maximum atomic E-state index is 11.8. The highest BCUT2D eigenvalue weighted by molar-refractivity contribution is 6.32. The molecule has 0 aromatic heterocycles. The molecule has 1 aromatic rings. The number of hydrogen-bond acceptors (Lipinski definition) is 4. The van der Waals surface area contributed by atoms with Crippen molar-refractivity contribution in [3.8, 4) is 5.75 Å². The minimum Gasteiger partial charge on any atom is -0.495 e. The van der Waals surface area contributed by atoms with E-state index in [4.69, 9.17) is 21.1 Å². The molecule has 122 valence electrons. The van der Waals surface area contributed by atoms with Gasteiger partial charge in [-0.05, 0) is 45.4 Å². The number of alkyl carbamates (subject to hydrolysis) is 1. The standard InChI is InChI=1S/C16H23ClN2O3/c1-16(2,3)22-15(20)18-11-7-8-19(10-11)12-5-6-14(21-4)13(17)9-12/h5-6,9,11H,7-8,10H2,1-4H3,(H,18,20). The van der Waals surface area contributed by atoms with Crippen LogP contribution in [0.25, 0.3) is 0 Å². The molecule has 0 radical (unpaired) electrons. The number of rotatable bonds is 3. The molecule has 6 heteroatoms. The zero-order valence-electron chi connectivity index (χ0n) is 13.5. The minimum absolute atomic E-state index is 0.0794. The van der Waals surface area contributed by atoms with Gasteiger partial charge in [-0.2, -0.15) is 0 Å². The molecular formula is C16H23ClN2O3. The molecule has 0 aliphatic carbocycles. The molecule has 1 aliphatic heterocycles. The van der Waals surface area contributed by atoms with Crippen LogP contribution < -0.4 is 15.0 Å². The van der Waals surface area contributed by atoms with Crippen molar-refractivity contribution in [2.45, 2.75) is 38.8 Å². The first kappa shape index (κ1) is 16.7. The minimum atomic E-state index is -0.480. The van der Waals surface area contributed by atoms with Crippen LogP contribution in [-0.4, -0.2) is 37.9 Å². The first-order chi connectivity index (χ1) is 10.3. The van der Waals surface area contributed by atoms with Gasteiger partial charge in [0.25, 0.3) is 0 Å². The number of hydrogen-bond donors (Lipinski definition) is 1. The number of nitrogens with one attached hydrogen (secondary N) is 1. The van der Waals surface area contributed by atoms with Crippen molar-refractivity contribution in [2.24, 2.45) is 0 Å². The second-order valence-corrected chi connectivity index (χ2v) is 6.80. The molecule has 1 unspecified atom stereocenters. The van der Waals surface area contributed by atoms with Crippen molar-refractivity contribution in [1.82, 2.24) is 5.32 Å². The van der Waals surface area contributed by atoms with E-state index in [1.165, 1.54) is 0 Å². The molecule has 1 aromatic carbocycles. The van der Waals surface area contributed by atoms with E-state index in [2.05, 4.69) is 10.2 Å². The number of nitrogens with zero attached hydrogens (tertiary/aromatic N) is 1. The molecule has 1 N–H and O–H groups in total. The van der Waals surface area contributed by atoms with Gasteiger partial charge in [0.15, 0.2) is 0 Å². The number of carbonyl (C=O) groups is 1. The maximum absolute atomic E-state index is 11.8. The summed E-state index contributed by atoms with van der Waals surface area (Å²) < 4.78 is 10.4. The van der Waals surface area contributed by atoms with Crippen LogP contribution >= 0.6 is 11.6 Å². The van der Waals surface area contributed by atoms with Crippen LogP contribution in [0.2, 0.25) is 5.02 Å². The summed E-state index contributed by atoms with van der Waals surface area (Å²) in [5, 5.41) is 3.50. The molecule has 1 aliphatic rings. The molecule has 1 heterocycles. The predicted molar refractivity (Wildman–Crippen MR) is 88.0 cm³/mol. The molecule has 0 saturated carbocycles. The van der Waals surface area contributed by atoms with E-state index in [9.17, 15) is 4.79 Å². The Bertz CT molecular complexity index is 543. The SMILES string of the molecule is COc1ccc(N2CCC(NC(=O)OC(C)(C)C)C2)cc1Cl. The molecule has 1 amide bonds. The summed E-state index contributed by atoms with van der Waals surface area (Å²) in [7, 11) is 1.59. The summed E-state index contributed by atoms with van der Waals surface area (Å²) in [5.74, 6) is 0.660. The molecule has 1 fully saturated rings. The lowest BCUT2D eigenvalue weighted by Gasteiger charge is -2.22. The summed E-state index contributed by atoms with van der Waals surface area (Å²) in [6.07, 6.45) is 0.509. The monoisotopic (exact) mass is 326 g/mol. The Labute approximate surface area is 136 Å². The van der Waals surface area contributed by atoms with Crippen LogP contribution in [0.3, 0.4) is 0 Å². The van der Waals surface area contributed by atoms with E-state index in [-0.39, 0.29) is 12.1 Å². The molecule has 0 spiro atoms. The van der Waals surface area contributed by atoms with Gasteiger partial charge in [-0.25, -0.2) is 4.79 Å². The lowest BCUT2D eigenvalue weighted by Crippen LogP contribution is -2.40. The number of benzene rings is 1. The Balaban J connectivity index is 1.92. The zero-order chi connectivity index (χ0) is 16.3. The highest BCUT2D eigenvalue weighted by atomic mass is 35.5. The number of halogens is 1. The number of amides is 1. The average molecular weight is 327 g/mol. The van der Waals surface area contributed by atoms with Crippen LogP contribution in [0, 0.1) is 0 Å². The quantitative estimate of drug-likeness (QED) is 0.924. The fourth-order valence-corrected chi connectivity index (χ4v) is 2.69. The summed E-state index contributed by atoms with van der Waals surface area (Å²) in [5.41, 5.74) is 0.547. The third-order valence-corrected chi connectivity index (χ3v) is 3.71. The number of ether oxygens (including phenoxy) is 2. The first-order valence-corrected chi connectivity index (χ1v) is 7.74. The van der Waals surface area contributed by atoms with Crippen molar-refractivity contribution < 1.29 is 14.3 Å². The lowest BCUT2D eigenvalue weighted by atomic mass is 10.2. The smallest absolute Gasteiger partial charge is 0.407 e. The normalized spacial score (nSPS) is 18.2. The van der Waals surface area contributed by atoms with Gasteiger partial charge < -0.3 is 19.7 Å². The molecule has 0 bridgehead atoms. The van der Waals surface area contributed by atoms with Gasteiger partial charge in [0, 0.05) is 18.8 Å². The Morgan fingerprint density at radius 3 is 2.73 bits per heavy atom. The Kier molecular flexibility index (Phi) is 5.06. The predicted octanol–water partition coefficient (Wildman–Crippen LogP) is 3.45. The molecule has 2 rings (SSSR count). The summed E-state index contributed by atoms with van der Waals surface area (Å²) in [6.45, 7) is 7.16. The van der Waals surface area contributed by atoms with Crippen molar-refractivity contribution in [1.29, 1.82) is 0 Å². The number of methoxy groups -OCH3 is 1. The summed E-state index contributed by atoms with van der Waals surface area (Å²) >= 11 is 6.16. The molecule has 1 saturated heterocycles. The van der Waals surface area contributed by atoms with Gasteiger partial charge in [0.1, 0.15) is 11.4 Å². The van der Waals surface area contributed by atoms with Crippen molar-refractivity contribution in [3.63, 3.8) is 0 Å². The van der Waals surface area contributed by atoms with Crippen molar-refractivity contribution >= 4 is 23.4 Å². The lowest BCUT2D eigenvalue weighted by molar-refractivity contribution is 0.0509. The van der Waals surface area contributed by atoms with Crippen LogP contribution in [-0.2, 0) is 4.74 Å². The first-order valence-electron chi connectivity index (χ1n) is 7.36. The second-order valence-electron chi connectivity index (χ2n) is 6.40. The van der Waals surface area contributed by atoms with Gasteiger partial charge >= 0.3 is 6.09 Å². The fraction of sp³-hybridized carbons (Fsp3) is 0.562. The molecule has 1 atom stereocenters.